The molecule has 4 fully saturated rings. The lowest BCUT2D eigenvalue weighted by atomic mass is 10.2. The van der Waals surface area contributed by atoms with Gasteiger partial charge in [0.2, 0.25) is 0 Å². The van der Waals surface area contributed by atoms with Crippen LogP contribution in [-0.4, -0.2) is 59.7 Å². The summed E-state index contributed by atoms with van der Waals surface area (Å²) in [7, 11) is 0.259. The Hall–Kier alpha value is -0.730. The smallest absolute Gasteiger partial charge is 0.137 e. The van der Waals surface area contributed by atoms with E-state index < -0.39 is 0 Å². The van der Waals surface area contributed by atoms with E-state index in [-0.39, 0.29) is 7.92 Å². The van der Waals surface area contributed by atoms with Gasteiger partial charge in [0.15, 0.2) is 0 Å². The van der Waals surface area contributed by atoms with Crippen LogP contribution in [0, 0.1) is 0 Å². The van der Waals surface area contributed by atoms with Crippen LogP contribution in [0.15, 0.2) is 36.4 Å². The number of quaternary nitrogens is 1. The van der Waals surface area contributed by atoms with Crippen molar-refractivity contribution in [2.75, 3.05) is 45.4 Å². The van der Waals surface area contributed by atoms with Crippen LogP contribution < -0.4 is 0 Å². The van der Waals surface area contributed by atoms with Crippen LogP contribution in [0.4, 0.5) is 0 Å². The maximum Gasteiger partial charge on any atom is 0.137 e. The van der Waals surface area contributed by atoms with Crippen molar-refractivity contribution in [3.63, 3.8) is 0 Å². The van der Waals surface area contributed by atoms with E-state index in [0.29, 0.717) is 0 Å². The van der Waals surface area contributed by atoms with Gasteiger partial charge in [-0.3, -0.25) is 4.48 Å². The van der Waals surface area contributed by atoms with Crippen molar-refractivity contribution in [1.82, 2.24) is 9.80 Å². The minimum Gasteiger partial charge on any atom is -0.292 e. The van der Waals surface area contributed by atoms with E-state index in [2.05, 4.69) is 52.3 Å². The molecular formula is C15H21N3P+. The fourth-order valence-electron chi connectivity index (χ4n) is 3.81. The van der Waals surface area contributed by atoms with E-state index >= 15 is 0 Å². The van der Waals surface area contributed by atoms with Crippen molar-refractivity contribution < 1.29 is 4.48 Å². The highest BCUT2D eigenvalue weighted by Gasteiger charge is 2.48. The van der Waals surface area contributed by atoms with E-state index in [9.17, 15) is 0 Å². The molecule has 1 aromatic rings. The van der Waals surface area contributed by atoms with Gasteiger partial charge in [0.25, 0.3) is 0 Å². The average Bonchev–Trinajstić information content (AvgIpc) is 2.38. The van der Waals surface area contributed by atoms with Gasteiger partial charge in [-0.25, -0.2) is 9.80 Å². The van der Waals surface area contributed by atoms with Crippen LogP contribution >= 0.6 is 7.92 Å². The molecule has 0 saturated carbocycles. The summed E-state index contributed by atoms with van der Waals surface area (Å²) in [5, 5.41) is 0. The van der Waals surface area contributed by atoms with Gasteiger partial charge in [0, 0.05) is 12.6 Å². The third-order valence-electron chi connectivity index (χ3n) is 4.30. The Bertz CT molecular complexity index is 450. The standard InChI is InChI=1S/C15H21N3P/c1-2-5-15(6-3-1)7-4-8-18-10-16-9-17(11-18)13-19(12-16)14-18/h1-7H,8-14H2/q+1/b7-4+. The SMILES string of the molecule is C(=C\c1ccccc1)/C[N+]12CN3CN(CP(C3)C1)C2. The molecule has 2 unspecified atom stereocenters. The second-order valence-corrected chi connectivity index (χ2v) is 8.39. The van der Waals surface area contributed by atoms with Crippen LogP contribution in [0.2, 0.25) is 0 Å². The molecule has 0 aliphatic carbocycles. The minimum atomic E-state index is 0.259. The zero-order valence-corrected chi connectivity index (χ0v) is 12.2. The third kappa shape index (κ3) is 2.36. The lowest BCUT2D eigenvalue weighted by Crippen LogP contribution is -2.71. The Morgan fingerprint density at radius 2 is 1.84 bits per heavy atom. The molecule has 1 aromatic carbocycles. The van der Waals surface area contributed by atoms with Gasteiger partial charge >= 0.3 is 0 Å². The van der Waals surface area contributed by atoms with Crippen LogP contribution in [0.25, 0.3) is 6.08 Å². The van der Waals surface area contributed by atoms with E-state index in [1.807, 2.05) is 0 Å². The average molecular weight is 274 g/mol. The first-order chi connectivity index (χ1) is 9.31. The molecule has 3 nitrogen and oxygen atoms in total. The topological polar surface area (TPSA) is 6.48 Å². The second kappa shape index (κ2) is 4.68. The predicted molar refractivity (Wildman–Crippen MR) is 80.4 cm³/mol. The van der Waals surface area contributed by atoms with Crippen LogP contribution in [-0.2, 0) is 0 Å². The third-order valence-corrected chi connectivity index (χ3v) is 6.90. The molecule has 0 radical (unpaired) electrons. The summed E-state index contributed by atoms with van der Waals surface area (Å²) in [6, 6.07) is 10.7. The molecule has 0 spiro atoms. The maximum atomic E-state index is 2.67. The Morgan fingerprint density at radius 1 is 1.11 bits per heavy atom. The quantitative estimate of drug-likeness (QED) is 0.617. The van der Waals surface area contributed by atoms with Gasteiger partial charge in [-0.1, -0.05) is 36.4 Å². The molecule has 0 amide bonds. The largest absolute Gasteiger partial charge is 0.292 e. The summed E-state index contributed by atoms with van der Waals surface area (Å²) in [5.41, 5.74) is 1.32. The minimum absolute atomic E-state index is 0.259. The fraction of sp³-hybridized carbons (Fsp3) is 0.467. The number of hydrogen-bond donors (Lipinski definition) is 0. The highest BCUT2D eigenvalue weighted by atomic mass is 31.1. The molecule has 19 heavy (non-hydrogen) atoms. The zero-order valence-electron chi connectivity index (χ0n) is 11.3. The monoisotopic (exact) mass is 274 g/mol. The summed E-state index contributed by atoms with van der Waals surface area (Å²) in [5.74, 6) is 0. The van der Waals surface area contributed by atoms with Crippen LogP contribution in [0.1, 0.15) is 5.56 Å². The van der Waals surface area contributed by atoms with Gasteiger partial charge in [0.1, 0.15) is 19.6 Å². The predicted octanol–water partition coefficient (Wildman–Crippen LogP) is 2.39. The summed E-state index contributed by atoms with van der Waals surface area (Å²) >= 11 is 0. The van der Waals surface area contributed by atoms with Gasteiger partial charge in [-0.2, -0.15) is 0 Å². The highest BCUT2D eigenvalue weighted by Crippen LogP contribution is 2.50. The number of benzene rings is 1. The van der Waals surface area contributed by atoms with E-state index in [1.165, 1.54) is 55.5 Å². The fourth-order valence-corrected chi connectivity index (χ4v) is 6.71. The molecule has 2 atom stereocenters. The van der Waals surface area contributed by atoms with E-state index in [1.54, 1.807) is 0 Å². The lowest BCUT2D eigenvalue weighted by molar-refractivity contribution is -0.943. The van der Waals surface area contributed by atoms with Crippen molar-refractivity contribution in [2.45, 2.75) is 0 Å². The number of hydrogen-bond acceptors (Lipinski definition) is 2. The Balaban J connectivity index is 1.47. The number of nitrogens with zero attached hydrogens (tertiary/aromatic N) is 3. The molecule has 0 N–H and O–H groups in total. The summed E-state index contributed by atoms with van der Waals surface area (Å²) in [6.45, 7) is 4.96. The Morgan fingerprint density at radius 3 is 2.53 bits per heavy atom. The van der Waals surface area contributed by atoms with E-state index in [0.717, 1.165) is 0 Å². The second-order valence-electron chi connectivity index (χ2n) is 6.20. The molecule has 0 aromatic heterocycles. The van der Waals surface area contributed by atoms with Crippen molar-refractivity contribution in [2.24, 2.45) is 0 Å². The first kappa shape index (κ1) is 12.0. The maximum absolute atomic E-state index is 2.67. The molecule has 4 aliphatic heterocycles. The molecule has 5 rings (SSSR count). The van der Waals surface area contributed by atoms with Crippen LogP contribution in [0.5, 0.6) is 0 Å². The number of rotatable bonds is 3. The first-order valence-electron chi connectivity index (χ1n) is 7.05. The molecule has 4 saturated heterocycles. The molecule has 4 bridgehead atoms. The van der Waals surface area contributed by atoms with Gasteiger partial charge in [0.05, 0.1) is 13.2 Å². The van der Waals surface area contributed by atoms with Gasteiger partial charge < -0.3 is 0 Å². The van der Waals surface area contributed by atoms with Crippen molar-refractivity contribution in [3.05, 3.63) is 42.0 Å². The van der Waals surface area contributed by atoms with E-state index in [4.69, 9.17) is 0 Å². The molecule has 4 heteroatoms. The van der Waals surface area contributed by atoms with Gasteiger partial charge in [-0.05, 0) is 19.6 Å². The van der Waals surface area contributed by atoms with Crippen LogP contribution in [0.3, 0.4) is 0 Å². The van der Waals surface area contributed by atoms with Crippen molar-refractivity contribution >= 4 is 14.0 Å². The molecular weight excluding hydrogens is 253 g/mol. The van der Waals surface area contributed by atoms with Crippen molar-refractivity contribution in [3.8, 4) is 0 Å². The zero-order chi connectivity index (χ0) is 12.7. The lowest BCUT2D eigenvalue weighted by Gasteiger charge is -2.59. The molecule has 4 aliphatic rings. The molecule has 4 heterocycles. The van der Waals surface area contributed by atoms with Gasteiger partial charge in [-0.15, -0.1) is 0 Å². The Kier molecular flexibility index (Phi) is 2.96. The summed E-state index contributed by atoms with van der Waals surface area (Å²) in [4.78, 5) is 5.33. The highest BCUT2D eigenvalue weighted by molar-refractivity contribution is 7.57. The molecule has 100 valence electrons. The Labute approximate surface area is 116 Å². The summed E-state index contributed by atoms with van der Waals surface area (Å²) < 4.78 is 1.29. The first-order valence-corrected chi connectivity index (χ1v) is 8.95. The summed E-state index contributed by atoms with van der Waals surface area (Å²) in [6.07, 6.45) is 8.92. The normalized spacial score (nSPS) is 40.1. The van der Waals surface area contributed by atoms with Crippen molar-refractivity contribution in [1.29, 1.82) is 0 Å².